The smallest absolute Gasteiger partial charge is 0.225 e. The zero-order valence-corrected chi connectivity index (χ0v) is 10.3. The summed E-state index contributed by atoms with van der Waals surface area (Å²) >= 11 is 0. The Morgan fingerprint density at radius 2 is 2.25 bits per heavy atom. The molecule has 0 spiro atoms. The fraction of sp³-hybridized carbons (Fsp3) is 0.385. The van der Waals surface area contributed by atoms with Gasteiger partial charge in [-0.25, -0.2) is 0 Å². The van der Waals surface area contributed by atoms with Crippen molar-refractivity contribution in [1.82, 2.24) is 0 Å². The Labute approximate surface area is 97.7 Å². The van der Waals surface area contributed by atoms with E-state index in [1.54, 1.807) is 18.6 Å². The van der Waals surface area contributed by atoms with Gasteiger partial charge in [0.25, 0.3) is 0 Å². The van der Waals surface area contributed by atoms with E-state index in [1.165, 1.54) is 0 Å². The van der Waals surface area contributed by atoms with E-state index >= 15 is 0 Å². The van der Waals surface area contributed by atoms with Gasteiger partial charge in [0.2, 0.25) is 12.4 Å². The molecular formula is C13H21N2O+. The van der Waals surface area contributed by atoms with Crippen molar-refractivity contribution in [2.75, 3.05) is 0 Å². The summed E-state index contributed by atoms with van der Waals surface area (Å²) < 4.78 is 1.08. The normalized spacial score (nSPS) is 10.0. The number of hydrogen-bond acceptors (Lipinski definition) is 2. The van der Waals surface area contributed by atoms with Gasteiger partial charge in [0, 0.05) is 22.6 Å². The number of rotatable bonds is 3. The largest absolute Gasteiger partial charge is 0.285 e. The molecule has 16 heavy (non-hydrogen) atoms. The lowest BCUT2D eigenvalue weighted by atomic mass is 10.1. The first-order valence-corrected chi connectivity index (χ1v) is 5.43. The van der Waals surface area contributed by atoms with E-state index in [0.29, 0.717) is 5.92 Å². The molecule has 0 unspecified atom stereocenters. The van der Waals surface area contributed by atoms with Crippen LogP contribution in [0.5, 0.6) is 0 Å². The lowest BCUT2D eigenvalue weighted by Crippen LogP contribution is -2.28. The first kappa shape index (κ1) is 14.4. The van der Waals surface area contributed by atoms with Gasteiger partial charge in [-0.3, -0.25) is 10.2 Å². The van der Waals surface area contributed by atoms with E-state index in [0.717, 1.165) is 16.7 Å². The van der Waals surface area contributed by atoms with Crippen LogP contribution in [-0.2, 0) is 0 Å². The maximum Gasteiger partial charge on any atom is 0.225 e. The van der Waals surface area contributed by atoms with Crippen LogP contribution in [0.15, 0.2) is 41.8 Å². The average molecular weight is 221 g/mol. The third kappa shape index (κ3) is 6.76. The van der Waals surface area contributed by atoms with Crippen LogP contribution in [0.4, 0.5) is 0 Å². The van der Waals surface area contributed by atoms with Gasteiger partial charge >= 0.3 is 0 Å². The monoisotopic (exact) mass is 221 g/mol. The third-order valence-corrected chi connectivity index (χ3v) is 1.92. The maximum atomic E-state index is 8.98. The van der Waals surface area contributed by atoms with Crippen molar-refractivity contribution in [2.45, 2.75) is 33.1 Å². The predicted molar refractivity (Wildman–Crippen MR) is 66.9 cm³/mol. The molecule has 0 aliphatic rings. The van der Waals surface area contributed by atoms with Crippen molar-refractivity contribution in [3.63, 3.8) is 0 Å². The van der Waals surface area contributed by atoms with Crippen LogP contribution in [0.3, 0.4) is 0 Å². The van der Waals surface area contributed by atoms with E-state index in [-0.39, 0.29) is 0 Å². The summed E-state index contributed by atoms with van der Waals surface area (Å²) in [6.07, 6.45) is 8.00. The van der Waals surface area contributed by atoms with E-state index in [4.69, 9.17) is 5.21 Å². The first-order chi connectivity index (χ1) is 7.61. The Balaban J connectivity index is 0.000000325. The highest BCUT2D eigenvalue weighted by molar-refractivity contribution is 5.25. The van der Waals surface area contributed by atoms with Crippen molar-refractivity contribution < 1.29 is 9.94 Å². The second-order valence-electron chi connectivity index (χ2n) is 3.65. The minimum Gasteiger partial charge on any atom is -0.285 e. The summed E-state index contributed by atoms with van der Waals surface area (Å²) in [7, 11) is 0. The topological polar surface area (TPSA) is 36.5 Å². The van der Waals surface area contributed by atoms with Gasteiger partial charge in [0.15, 0.2) is 0 Å². The molecule has 0 saturated carbocycles. The summed E-state index contributed by atoms with van der Waals surface area (Å²) in [4.78, 5) is 3.49. The number of aliphatic imine (C=N–C) groups is 1. The molecule has 3 nitrogen and oxygen atoms in total. The number of allylic oxidation sites excluding steroid dienone is 1. The van der Waals surface area contributed by atoms with Crippen LogP contribution >= 0.6 is 0 Å². The summed E-state index contributed by atoms with van der Waals surface area (Å²) in [6, 6.07) is 3.83. The molecule has 0 fully saturated rings. The highest BCUT2D eigenvalue weighted by atomic mass is 16.5. The molecule has 0 radical (unpaired) electrons. The molecule has 1 N–H and O–H groups in total. The van der Waals surface area contributed by atoms with Gasteiger partial charge in [-0.05, 0) is 25.1 Å². The minimum absolute atomic E-state index is 0.472. The number of pyridine rings is 1. The van der Waals surface area contributed by atoms with E-state index in [9.17, 15) is 0 Å². The van der Waals surface area contributed by atoms with Gasteiger partial charge in [0.05, 0.1) is 0 Å². The third-order valence-electron chi connectivity index (χ3n) is 1.92. The molecule has 0 saturated heterocycles. The minimum atomic E-state index is 0.472. The number of hydrogen-bond donors (Lipinski definition) is 1. The van der Waals surface area contributed by atoms with Gasteiger partial charge in [-0.1, -0.05) is 26.8 Å². The molecular weight excluding hydrogens is 200 g/mol. The standard InChI is InChI=1S/C8H12NO.C5H9N/c1-7(2)8-4-3-5-9(10)6-8;1-3-4-5-6-2/h3-7,10H,1-2H3;4-5H,2-3H2,1H3/q+1;/b;5-4+. The molecule has 1 rings (SSSR count). The first-order valence-electron chi connectivity index (χ1n) is 5.43. The molecule has 1 heterocycles. The van der Waals surface area contributed by atoms with Crippen molar-refractivity contribution in [3.8, 4) is 0 Å². The maximum absolute atomic E-state index is 8.98. The van der Waals surface area contributed by atoms with Crippen LogP contribution in [0, 0.1) is 0 Å². The van der Waals surface area contributed by atoms with Gasteiger partial charge < -0.3 is 0 Å². The lowest BCUT2D eigenvalue weighted by molar-refractivity contribution is -0.905. The molecule has 1 aromatic rings. The Morgan fingerprint density at radius 3 is 2.56 bits per heavy atom. The SMILES string of the molecule is C=N/C=C/CC.CC(C)c1ccc[n+](O)c1. The Bertz CT molecular complexity index is 332. The summed E-state index contributed by atoms with van der Waals surface area (Å²) in [5.41, 5.74) is 1.14. The van der Waals surface area contributed by atoms with E-state index in [2.05, 4.69) is 32.5 Å². The van der Waals surface area contributed by atoms with E-state index in [1.807, 2.05) is 18.2 Å². The molecule has 0 aliphatic heterocycles. The molecule has 1 aromatic heterocycles. The zero-order chi connectivity index (χ0) is 12.4. The van der Waals surface area contributed by atoms with Crippen LogP contribution in [-0.4, -0.2) is 11.9 Å². The van der Waals surface area contributed by atoms with Gasteiger partial charge in [-0.2, -0.15) is 0 Å². The van der Waals surface area contributed by atoms with E-state index < -0.39 is 0 Å². The summed E-state index contributed by atoms with van der Waals surface area (Å²) in [5.74, 6) is 0.472. The number of aromatic nitrogens is 1. The number of nitrogens with zero attached hydrogens (tertiary/aromatic N) is 2. The Morgan fingerprint density at radius 1 is 1.56 bits per heavy atom. The van der Waals surface area contributed by atoms with Crippen LogP contribution in [0.2, 0.25) is 0 Å². The molecule has 0 aromatic carbocycles. The average Bonchev–Trinajstić information content (AvgIpc) is 2.27. The molecule has 0 bridgehead atoms. The van der Waals surface area contributed by atoms with Crippen molar-refractivity contribution >= 4 is 6.72 Å². The quantitative estimate of drug-likeness (QED) is 0.475. The molecule has 0 amide bonds. The second kappa shape index (κ2) is 8.65. The molecule has 0 aliphatic carbocycles. The highest BCUT2D eigenvalue weighted by Gasteiger charge is 2.03. The van der Waals surface area contributed by atoms with Crippen LogP contribution in [0.1, 0.15) is 38.7 Å². The highest BCUT2D eigenvalue weighted by Crippen LogP contribution is 2.09. The van der Waals surface area contributed by atoms with Crippen LogP contribution < -0.4 is 4.73 Å². The molecule has 3 heteroatoms. The van der Waals surface area contributed by atoms with Crippen LogP contribution in [0.25, 0.3) is 0 Å². The Kier molecular flexibility index (Phi) is 7.76. The Hall–Kier alpha value is -1.64. The predicted octanol–water partition coefficient (Wildman–Crippen LogP) is 2.95. The molecule has 0 atom stereocenters. The van der Waals surface area contributed by atoms with Crippen molar-refractivity contribution in [3.05, 3.63) is 42.4 Å². The lowest BCUT2D eigenvalue weighted by Gasteiger charge is -1.98. The second-order valence-corrected chi connectivity index (χ2v) is 3.65. The fourth-order valence-corrected chi connectivity index (χ4v) is 1.00. The van der Waals surface area contributed by atoms with Crippen molar-refractivity contribution in [2.24, 2.45) is 4.99 Å². The summed E-state index contributed by atoms with van der Waals surface area (Å²) in [5, 5.41) is 8.98. The van der Waals surface area contributed by atoms with Crippen molar-refractivity contribution in [1.29, 1.82) is 0 Å². The van der Waals surface area contributed by atoms with Gasteiger partial charge in [0.1, 0.15) is 0 Å². The van der Waals surface area contributed by atoms with Gasteiger partial charge in [-0.15, -0.1) is 0 Å². The zero-order valence-electron chi connectivity index (χ0n) is 10.3. The molecule has 88 valence electrons. The fourth-order valence-electron chi connectivity index (χ4n) is 1.00. The summed E-state index contributed by atoms with van der Waals surface area (Å²) in [6.45, 7) is 9.50.